The molecule has 0 aromatic heterocycles. The van der Waals surface area contributed by atoms with E-state index in [4.69, 9.17) is 10.00 Å². The van der Waals surface area contributed by atoms with Crippen LogP contribution in [0.3, 0.4) is 0 Å². The number of ether oxygens (including phenoxy) is 1. The van der Waals surface area contributed by atoms with E-state index in [9.17, 15) is 4.79 Å². The molecule has 0 unspecified atom stereocenters. The molecule has 118 valence electrons. The Balaban J connectivity index is 1.93. The number of amides is 1. The van der Waals surface area contributed by atoms with Gasteiger partial charge in [0.15, 0.2) is 0 Å². The molecule has 0 spiro atoms. The van der Waals surface area contributed by atoms with Crippen LogP contribution in [0.2, 0.25) is 0 Å². The third-order valence-electron chi connectivity index (χ3n) is 4.09. The number of benzene rings is 1. The van der Waals surface area contributed by atoms with Crippen LogP contribution in [0.25, 0.3) is 0 Å². The van der Waals surface area contributed by atoms with E-state index in [0.717, 1.165) is 30.8 Å². The monoisotopic (exact) mass is 318 g/mol. The third kappa shape index (κ3) is 4.67. The number of nitriles is 1. The molecule has 1 aliphatic rings. The molecule has 0 bridgehead atoms. The van der Waals surface area contributed by atoms with Gasteiger partial charge in [-0.1, -0.05) is 18.9 Å². The third-order valence-corrected chi connectivity index (χ3v) is 5.27. The van der Waals surface area contributed by atoms with Gasteiger partial charge < -0.3 is 10.1 Å². The minimum absolute atomic E-state index is 0.0393. The summed E-state index contributed by atoms with van der Waals surface area (Å²) < 4.78 is 5.24. The first-order valence-electron chi connectivity index (χ1n) is 7.66. The highest BCUT2D eigenvalue weighted by molar-refractivity contribution is 7.99. The van der Waals surface area contributed by atoms with Crippen molar-refractivity contribution in [3.05, 3.63) is 24.3 Å². The van der Waals surface area contributed by atoms with E-state index in [0.29, 0.717) is 5.92 Å². The zero-order valence-corrected chi connectivity index (χ0v) is 13.7. The average Bonchev–Trinajstić information content (AvgIpc) is 2.58. The van der Waals surface area contributed by atoms with Crippen molar-refractivity contribution in [2.45, 2.75) is 30.6 Å². The molecule has 5 heteroatoms. The zero-order chi connectivity index (χ0) is 15.8. The van der Waals surface area contributed by atoms with Gasteiger partial charge in [0.05, 0.1) is 13.2 Å². The maximum Gasteiger partial charge on any atom is 0.224 e. The molecule has 4 nitrogen and oxygen atoms in total. The number of hydrogen-bond acceptors (Lipinski definition) is 4. The van der Waals surface area contributed by atoms with E-state index >= 15 is 0 Å². The molecule has 0 aliphatic heterocycles. The predicted octanol–water partition coefficient (Wildman–Crippen LogP) is 3.23. The van der Waals surface area contributed by atoms with Gasteiger partial charge in [0.1, 0.15) is 12.3 Å². The van der Waals surface area contributed by atoms with Crippen LogP contribution in [0.15, 0.2) is 29.2 Å². The Morgan fingerprint density at radius 3 is 3.05 bits per heavy atom. The number of carbonyl (C=O) groups excluding carboxylic acids is 1. The number of hydrogen-bond donors (Lipinski definition) is 1. The summed E-state index contributed by atoms with van der Waals surface area (Å²) in [5.41, 5.74) is 0. The number of thioether (sulfide) groups is 1. The predicted molar refractivity (Wildman–Crippen MR) is 87.8 cm³/mol. The van der Waals surface area contributed by atoms with Gasteiger partial charge in [-0.25, -0.2) is 0 Å². The molecular formula is C17H22N2O2S. The van der Waals surface area contributed by atoms with E-state index in [-0.39, 0.29) is 18.4 Å². The van der Waals surface area contributed by atoms with Crippen molar-refractivity contribution in [2.24, 2.45) is 11.8 Å². The highest BCUT2D eigenvalue weighted by atomic mass is 32.2. The second-order valence-electron chi connectivity index (χ2n) is 5.52. The smallest absolute Gasteiger partial charge is 0.224 e. The summed E-state index contributed by atoms with van der Waals surface area (Å²) in [7, 11) is 1.67. The van der Waals surface area contributed by atoms with E-state index in [1.165, 1.54) is 11.3 Å². The molecule has 1 N–H and O–H groups in total. The summed E-state index contributed by atoms with van der Waals surface area (Å²) in [6.45, 7) is 0.102. The topological polar surface area (TPSA) is 62.1 Å². The van der Waals surface area contributed by atoms with Crippen molar-refractivity contribution in [1.29, 1.82) is 5.26 Å². The Hall–Kier alpha value is -1.67. The van der Waals surface area contributed by atoms with Crippen molar-refractivity contribution in [3.8, 4) is 11.8 Å². The lowest BCUT2D eigenvalue weighted by molar-refractivity contribution is -0.127. The molecule has 1 aromatic carbocycles. The first-order valence-corrected chi connectivity index (χ1v) is 8.64. The van der Waals surface area contributed by atoms with Crippen LogP contribution >= 0.6 is 11.8 Å². The second-order valence-corrected chi connectivity index (χ2v) is 6.61. The lowest BCUT2D eigenvalue weighted by Gasteiger charge is -2.30. The van der Waals surface area contributed by atoms with Crippen molar-refractivity contribution in [1.82, 2.24) is 5.32 Å². The van der Waals surface area contributed by atoms with E-state index in [1.807, 2.05) is 24.3 Å². The maximum atomic E-state index is 12.2. The summed E-state index contributed by atoms with van der Waals surface area (Å²) in [6, 6.07) is 9.99. The first-order chi connectivity index (χ1) is 10.7. The summed E-state index contributed by atoms with van der Waals surface area (Å²) in [4.78, 5) is 13.4. The molecule has 1 amide bonds. The molecule has 1 saturated carbocycles. The van der Waals surface area contributed by atoms with E-state index in [2.05, 4.69) is 11.4 Å². The van der Waals surface area contributed by atoms with Crippen molar-refractivity contribution >= 4 is 17.7 Å². The maximum absolute atomic E-state index is 12.2. The van der Waals surface area contributed by atoms with Crippen LogP contribution < -0.4 is 10.1 Å². The lowest BCUT2D eigenvalue weighted by atomic mass is 9.80. The molecule has 0 heterocycles. The Kier molecular flexibility index (Phi) is 6.60. The Labute approximate surface area is 136 Å². The van der Waals surface area contributed by atoms with E-state index < -0.39 is 0 Å². The van der Waals surface area contributed by atoms with Gasteiger partial charge >= 0.3 is 0 Å². The fraction of sp³-hybridized carbons (Fsp3) is 0.529. The number of carbonyl (C=O) groups is 1. The number of nitrogens with one attached hydrogen (secondary N) is 1. The molecule has 2 atom stereocenters. The summed E-state index contributed by atoms with van der Waals surface area (Å²) in [5, 5.41) is 11.3. The van der Waals surface area contributed by atoms with Crippen LogP contribution in [-0.2, 0) is 4.79 Å². The van der Waals surface area contributed by atoms with Gasteiger partial charge in [-0.3, -0.25) is 4.79 Å². The Morgan fingerprint density at radius 1 is 1.45 bits per heavy atom. The lowest BCUT2D eigenvalue weighted by Crippen LogP contribution is -2.37. The number of rotatable bonds is 6. The molecule has 0 radical (unpaired) electrons. The Bertz CT molecular complexity index is 542. The molecule has 22 heavy (non-hydrogen) atoms. The summed E-state index contributed by atoms with van der Waals surface area (Å²) in [5.74, 6) is 2.25. The molecule has 1 aromatic rings. The summed E-state index contributed by atoms with van der Waals surface area (Å²) in [6.07, 6.45) is 4.30. The molecular weight excluding hydrogens is 296 g/mol. The molecule has 1 fully saturated rings. The van der Waals surface area contributed by atoms with Crippen LogP contribution in [-0.4, -0.2) is 25.3 Å². The normalized spacial score (nSPS) is 20.9. The van der Waals surface area contributed by atoms with Gasteiger partial charge in [-0.05, 0) is 37.0 Å². The SMILES string of the molecule is COc1cccc(SC[C@@H]2CCCC[C@H]2C(=O)NCC#N)c1. The highest BCUT2D eigenvalue weighted by Gasteiger charge is 2.30. The van der Waals surface area contributed by atoms with Gasteiger partial charge in [-0.15, -0.1) is 11.8 Å². The van der Waals surface area contributed by atoms with Gasteiger partial charge in [0.25, 0.3) is 0 Å². The molecule has 1 aliphatic carbocycles. The Morgan fingerprint density at radius 2 is 2.27 bits per heavy atom. The van der Waals surface area contributed by atoms with Crippen molar-refractivity contribution in [3.63, 3.8) is 0 Å². The second kappa shape index (κ2) is 8.70. The average molecular weight is 318 g/mol. The molecule has 2 rings (SSSR count). The fourth-order valence-electron chi connectivity index (χ4n) is 2.90. The van der Waals surface area contributed by atoms with Crippen molar-refractivity contribution in [2.75, 3.05) is 19.4 Å². The zero-order valence-electron chi connectivity index (χ0n) is 12.9. The number of methoxy groups -OCH3 is 1. The van der Waals surface area contributed by atoms with Crippen molar-refractivity contribution < 1.29 is 9.53 Å². The minimum Gasteiger partial charge on any atom is -0.497 e. The molecule has 0 saturated heterocycles. The largest absolute Gasteiger partial charge is 0.497 e. The fourth-order valence-corrected chi connectivity index (χ4v) is 4.08. The minimum atomic E-state index is 0.0393. The summed E-state index contributed by atoms with van der Waals surface area (Å²) >= 11 is 1.78. The standard InChI is InChI=1S/C17H22N2O2S/c1-21-14-6-4-7-15(11-14)22-12-13-5-2-3-8-16(13)17(20)19-10-9-18/h4,6-7,11,13,16H,2-3,5,8,10,12H2,1H3,(H,19,20)/t13-,16+/m0/s1. The van der Waals surface area contributed by atoms with Crippen LogP contribution in [0.5, 0.6) is 5.75 Å². The first kappa shape index (κ1) is 16.7. The highest BCUT2D eigenvalue weighted by Crippen LogP contribution is 2.35. The van der Waals surface area contributed by atoms with Crippen LogP contribution in [0.4, 0.5) is 0 Å². The number of nitrogens with zero attached hydrogens (tertiary/aromatic N) is 1. The van der Waals surface area contributed by atoms with Crippen LogP contribution in [0.1, 0.15) is 25.7 Å². The van der Waals surface area contributed by atoms with Gasteiger partial charge in [-0.2, -0.15) is 5.26 Å². The van der Waals surface area contributed by atoms with Gasteiger partial charge in [0.2, 0.25) is 5.91 Å². The van der Waals surface area contributed by atoms with E-state index in [1.54, 1.807) is 18.9 Å². The van der Waals surface area contributed by atoms with Gasteiger partial charge in [0, 0.05) is 16.6 Å². The quantitative estimate of drug-likeness (QED) is 0.646. The van der Waals surface area contributed by atoms with Crippen LogP contribution in [0, 0.1) is 23.2 Å².